The van der Waals surface area contributed by atoms with Crippen molar-refractivity contribution in [3.8, 4) is 11.4 Å². The van der Waals surface area contributed by atoms with Crippen LogP contribution in [-0.4, -0.2) is 28.0 Å². The molecule has 28 heavy (non-hydrogen) atoms. The van der Waals surface area contributed by atoms with E-state index in [9.17, 15) is 4.79 Å². The monoisotopic (exact) mass is 412 g/mol. The van der Waals surface area contributed by atoms with Crippen LogP contribution in [0.15, 0.2) is 60.7 Å². The molecule has 140 valence electrons. The molecule has 1 amide bonds. The Morgan fingerprint density at radius 1 is 0.929 bits per heavy atom. The maximum absolute atomic E-state index is 12.4. The van der Waals surface area contributed by atoms with Gasteiger partial charge >= 0.3 is 0 Å². The first-order chi connectivity index (χ1) is 13.5. The van der Waals surface area contributed by atoms with E-state index in [-0.39, 0.29) is 5.91 Å². The number of amides is 1. The zero-order chi connectivity index (χ0) is 19.7. The van der Waals surface area contributed by atoms with Crippen LogP contribution in [0.4, 0.5) is 5.69 Å². The number of nitrogens with zero attached hydrogens (tertiary/aromatic N) is 3. The summed E-state index contributed by atoms with van der Waals surface area (Å²) in [6, 6.07) is 17.5. The first-order valence-electron chi connectivity index (χ1n) is 8.31. The van der Waals surface area contributed by atoms with Crippen molar-refractivity contribution in [1.82, 2.24) is 15.0 Å². The van der Waals surface area contributed by atoms with Gasteiger partial charge in [0.2, 0.25) is 0 Å². The van der Waals surface area contributed by atoms with Crippen molar-refractivity contribution in [2.75, 3.05) is 12.4 Å². The number of anilines is 1. The van der Waals surface area contributed by atoms with E-state index in [1.807, 2.05) is 24.3 Å². The summed E-state index contributed by atoms with van der Waals surface area (Å²) < 4.78 is 5.16. The van der Waals surface area contributed by atoms with E-state index in [1.54, 1.807) is 37.4 Å². The van der Waals surface area contributed by atoms with E-state index >= 15 is 0 Å². The molecule has 0 atom stereocenters. The first kappa shape index (κ1) is 18.3. The highest BCUT2D eigenvalue weighted by molar-refractivity contribution is 6.42. The van der Waals surface area contributed by atoms with Crippen LogP contribution in [-0.2, 0) is 0 Å². The molecule has 1 N–H and O–H groups in total. The standard InChI is InChI=1S/C20H14Cl2N4O2/c1-28-15-6-4-14(5-7-15)26-24-18-9-3-13(11-19(18)25-26)23-20(27)12-2-8-16(21)17(22)10-12/h2-11H,1H3,(H,23,27). The zero-order valence-electron chi connectivity index (χ0n) is 14.7. The number of hydrogen-bond acceptors (Lipinski definition) is 4. The lowest BCUT2D eigenvalue weighted by Crippen LogP contribution is -2.11. The predicted octanol–water partition coefficient (Wildman–Crippen LogP) is 4.99. The van der Waals surface area contributed by atoms with Gasteiger partial charge in [0.1, 0.15) is 16.8 Å². The molecule has 0 saturated carbocycles. The molecule has 0 aliphatic rings. The summed E-state index contributed by atoms with van der Waals surface area (Å²) in [7, 11) is 1.61. The zero-order valence-corrected chi connectivity index (χ0v) is 16.2. The van der Waals surface area contributed by atoms with Crippen LogP contribution in [0.5, 0.6) is 5.75 Å². The third-order valence-corrected chi connectivity index (χ3v) is 4.86. The maximum atomic E-state index is 12.4. The number of nitrogens with one attached hydrogen (secondary N) is 1. The van der Waals surface area contributed by atoms with Gasteiger partial charge in [-0.25, -0.2) is 0 Å². The summed E-state index contributed by atoms with van der Waals surface area (Å²) in [5, 5.41) is 12.5. The molecule has 0 aliphatic heterocycles. The smallest absolute Gasteiger partial charge is 0.255 e. The lowest BCUT2D eigenvalue weighted by molar-refractivity contribution is 0.102. The second-order valence-electron chi connectivity index (χ2n) is 5.97. The Hall–Kier alpha value is -3.09. The Morgan fingerprint density at radius 2 is 1.68 bits per heavy atom. The molecule has 3 aromatic carbocycles. The van der Waals surface area contributed by atoms with Crippen LogP contribution in [0.2, 0.25) is 10.0 Å². The number of hydrogen-bond donors (Lipinski definition) is 1. The van der Waals surface area contributed by atoms with E-state index in [0.717, 1.165) is 11.4 Å². The molecule has 0 aliphatic carbocycles. The second-order valence-corrected chi connectivity index (χ2v) is 6.79. The van der Waals surface area contributed by atoms with E-state index in [0.29, 0.717) is 32.3 Å². The quantitative estimate of drug-likeness (QED) is 0.512. The summed E-state index contributed by atoms with van der Waals surface area (Å²) in [5.74, 6) is 0.466. The molecule has 4 rings (SSSR count). The highest BCUT2D eigenvalue weighted by atomic mass is 35.5. The molecular weight excluding hydrogens is 399 g/mol. The average Bonchev–Trinajstić information content (AvgIpc) is 3.13. The third-order valence-electron chi connectivity index (χ3n) is 4.12. The van der Waals surface area contributed by atoms with Gasteiger partial charge in [-0.2, -0.15) is 4.80 Å². The Balaban J connectivity index is 1.58. The van der Waals surface area contributed by atoms with Crippen LogP contribution in [0.3, 0.4) is 0 Å². The highest BCUT2D eigenvalue weighted by Gasteiger charge is 2.11. The van der Waals surface area contributed by atoms with Crippen LogP contribution in [0.1, 0.15) is 10.4 Å². The molecule has 4 aromatic rings. The summed E-state index contributed by atoms with van der Waals surface area (Å²) in [6.07, 6.45) is 0. The lowest BCUT2D eigenvalue weighted by Gasteiger charge is -2.06. The molecule has 1 aromatic heterocycles. The summed E-state index contributed by atoms with van der Waals surface area (Å²) in [4.78, 5) is 14.0. The molecule has 0 saturated heterocycles. The minimum Gasteiger partial charge on any atom is -0.497 e. The van der Waals surface area contributed by atoms with Gasteiger partial charge in [-0.1, -0.05) is 23.2 Å². The van der Waals surface area contributed by atoms with Gasteiger partial charge in [0.05, 0.1) is 22.8 Å². The minimum atomic E-state index is -0.291. The maximum Gasteiger partial charge on any atom is 0.255 e. The van der Waals surface area contributed by atoms with E-state index in [1.165, 1.54) is 10.9 Å². The van der Waals surface area contributed by atoms with Crippen molar-refractivity contribution in [2.24, 2.45) is 0 Å². The van der Waals surface area contributed by atoms with Gasteiger partial charge in [0.25, 0.3) is 5.91 Å². The molecule has 1 heterocycles. The van der Waals surface area contributed by atoms with Crippen LogP contribution in [0.25, 0.3) is 16.7 Å². The molecule has 0 unspecified atom stereocenters. The number of halogens is 2. The second kappa shape index (κ2) is 7.50. The molecule has 0 fully saturated rings. The summed E-state index contributed by atoms with van der Waals surface area (Å²) in [5.41, 5.74) is 3.19. The van der Waals surface area contributed by atoms with Crippen molar-refractivity contribution >= 4 is 45.8 Å². The molecule has 0 spiro atoms. The molecule has 8 heteroatoms. The Kier molecular flexibility index (Phi) is 4.90. The normalized spacial score (nSPS) is 10.8. The van der Waals surface area contributed by atoms with E-state index in [4.69, 9.17) is 27.9 Å². The van der Waals surface area contributed by atoms with Crippen molar-refractivity contribution < 1.29 is 9.53 Å². The van der Waals surface area contributed by atoms with Gasteiger partial charge in [-0.15, -0.1) is 10.2 Å². The number of benzene rings is 3. The third kappa shape index (κ3) is 3.65. The van der Waals surface area contributed by atoms with Crippen LogP contribution < -0.4 is 10.1 Å². The van der Waals surface area contributed by atoms with Crippen molar-refractivity contribution in [1.29, 1.82) is 0 Å². The largest absolute Gasteiger partial charge is 0.497 e. The fourth-order valence-corrected chi connectivity index (χ4v) is 2.96. The Bertz CT molecular complexity index is 1170. The molecule has 0 bridgehead atoms. The number of ether oxygens (including phenoxy) is 1. The van der Waals surface area contributed by atoms with Crippen LogP contribution in [0, 0.1) is 0 Å². The van der Waals surface area contributed by atoms with Gasteiger partial charge < -0.3 is 10.1 Å². The number of fused-ring (bicyclic) bond motifs is 1. The van der Waals surface area contributed by atoms with E-state index in [2.05, 4.69) is 15.5 Å². The summed E-state index contributed by atoms with van der Waals surface area (Å²) in [6.45, 7) is 0. The van der Waals surface area contributed by atoms with Crippen LogP contribution >= 0.6 is 23.2 Å². The molecule has 0 radical (unpaired) electrons. The fourth-order valence-electron chi connectivity index (χ4n) is 2.66. The Labute approximate surface area is 170 Å². The predicted molar refractivity (Wildman–Crippen MR) is 110 cm³/mol. The van der Waals surface area contributed by atoms with Crippen molar-refractivity contribution in [2.45, 2.75) is 0 Å². The first-order valence-corrected chi connectivity index (χ1v) is 9.07. The molecular formula is C20H14Cl2N4O2. The SMILES string of the molecule is COc1ccc(-n2nc3ccc(NC(=O)c4ccc(Cl)c(Cl)c4)cc3n2)cc1. The lowest BCUT2D eigenvalue weighted by atomic mass is 10.2. The number of carbonyl (C=O) groups excluding carboxylic acids is 1. The number of rotatable bonds is 4. The topological polar surface area (TPSA) is 69.0 Å². The van der Waals surface area contributed by atoms with Gasteiger partial charge in [0, 0.05) is 11.3 Å². The number of methoxy groups -OCH3 is 1. The van der Waals surface area contributed by atoms with Crippen molar-refractivity contribution in [3.63, 3.8) is 0 Å². The van der Waals surface area contributed by atoms with Crippen molar-refractivity contribution in [3.05, 3.63) is 76.3 Å². The number of carbonyl (C=O) groups is 1. The Morgan fingerprint density at radius 3 is 2.39 bits per heavy atom. The fraction of sp³-hybridized carbons (Fsp3) is 0.0500. The van der Waals surface area contributed by atoms with Gasteiger partial charge in [-0.05, 0) is 60.7 Å². The van der Waals surface area contributed by atoms with Gasteiger partial charge in [-0.3, -0.25) is 4.79 Å². The highest BCUT2D eigenvalue weighted by Crippen LogP contribution is 2.24. The molecule has 6 nitrogen and oxygen atoms in total. The average molecular weight is 413 g/mol. The number of aromatic nitrogens is 3. The van der Waals surface area contributed by atoms with Gasteiger partial charge in [0.15, 0.2) is 0 Å². The van der Waals surface area contributed by atoms with E-state index < -0.39 is 0 Å². The summed E-state index contributed by atoms with van der Waals surface area (Å²) >= 11 is 11.9. The minimum absolute atomic E-state index is 0.291.